The second-order valence-electron chi connectivity index (χ2n) is 6.36. The molecule has 4 nitrogen and oxygen atoms in total. The van der Waals surface area contributed by atoms with E-state index in [4.69, 9.17) is 11.6 Å². The Hall–Kier alpha value is -2.72. The standard InChI is InChI=1S/C21H22ClN3O/c1-15-5-10-19(12-16(15)2)24-21(26)23-13-20-4-3-11-25(20)14-17-6-8-18(22)9-7-17/h3-12H,13-14H2,1-2H3,(H2,23,24,26). The zero-order valence-corrected chi connectivity index (χ0v) is 15.7. The highest BCUT2D eigenvalue weighted by Gasteiger charge is 2.06. The van der Waals surface area contributed by atoms with Crippen molar-refractivity contribution in [1.82, 2.24) is 9.88 Å². The van der Waals surface area contributed by atoms with Gasteiger partial charge in [0.1, 0.15) is 0 Å². The third kappa shape index (κ3) is 4.67. The Bertz CT molecular complexity index is 900. The van der Waals surface area contributed by atoms with E-state index in [1.807, 2.05) is 74.6 Å². The number of aromatic nitrogens is 1. The first-order valence-electron chi connectivity index (χ1n) is 8.52. The van der Waals surface area contributed by atoms with E-state index < -0.39 is 0 Å². The molecule has 0 atom stereocenters. The molecule has 0 spiro atoms. The lowest BCUT2D eigenvalue weighted by atomic mass is 10.1. The molecule has 0 bridgehead atoms. The summed E-state index contributed by atoms with van der Waals surface area (Å²) in [6, 6.07) is 17.4. The van der Waals surface area contributed by atoms with Crippen molar-refractivity contribution < 1.29 is 4.79 Å². The molecule has 0 radical (unpaired) electrons. The van der Waals surface area contributed by atoms with Crippen molar-refractivity contribution in [3.8, 4) is 0 Å². The fourth-order valence-electron chi connectivity index (χ4n) is 2.72. The SMILES string of the molecule is Cc1ccc(NC(=O)NCc2cccn2Cc2ccc(Cl)cc2)cc1C. The van der Waals surface area contributed by atoms with Crippen molar-refractivity contribution in [2.75, 3.05) is 5.32 Å². The Morgan fingerprint density at radius 1 is 1.04 bits per heavy atom. The molecule has 0 unspecified atom stereocenters. The summed E-state index contributed by atoms with van der Waals surface area (Å²) in [6.07, 6.45) is 2.01. The van der Waals surface area contributed by atoms with Gasteiger partial charge in [0.25, 0.3) is 0 Å². The van der Waals surface area contributed by atoms with Crippen LogP contribution in [-0.2, 0) is 13.1 Å². The fraction of sp³-hybridized carbons (Fsp3) is 0.190. The molecule has 3 aromatic rings. The molecule has 0 saturated heterocycles. The summed E-state index contributed by atoms with van der Waals surface area (Å²) in [5, 5.41) is 6.51. The molecule has 0 fully saturated rings. The zero-order valence-electron chi connectivity index (χ0n) is 14.9. The second-order valence-corrected chi connectivity index (χ2v) is 6.80. The van der Waals surface area contributed by atoms with Gasteiger partial charge in [0.2, 0.25) is 0 Å². The first-order chi connectivity index (χ1) is 12.5. The van der Waals surface area contributed by atoms with Gasteiger partial charge in [0.15, 0.2) is 0 Å². The average Bonchev–Trinajstić information content (AvgIpc) is 3.05. The van der Waals surface area contributed by atoms with E-state index in [1.165, 1.54) is 5.56 Å². The number of halogens is 1. The molecule has 0 aliphatic heterocycles. The minimum absolute atomic E-state index is 0.215. The molecule has 0 aliphatic carbocycles. The predicted octanol–water partition coefficient (Wildman–Crippen LogP) is 5.13. The first-order valence-corrected chi connectivity index (χ1v) is 8.89. The first kappa shape index (κ1) is 18.1. The number of nitrogens with one attached hydrogen (secondary N) is 2. The normalized spacial score (nSPS) is 10.6. The molecule has 0 saturated carbocycles. The van der Waals surface area contributed by atoms with Crippen LogP contribution in [0.25, 0.3) is 0 Å². The molecule has 2 aromatic carbocycles. The average molecular weight is 368 g/mol. The minimum atomic E-state index is -0.215. The number of nitrogens with zero attached hydrogens (tertiary/aromatic N) is 1. The third-order valence-corrected chi connectivity index (χ3v) is 4.64. The summed E-state index contributed by atoms with van der Waals surface area (Å²) in [7, 11) is 0. The van der Waals surface area contributed by atoms with Gasteiger partial charge in [-0.3, -0.25) is 0 Å². The molecule has 1 aromatic heterocycles. The number of anilines is 1. The lowest BCUT2D eigenvalue weighted by molar-refractivity contribution is 0.251. The van der Waals surface area contributed by atoms with Crippen molar-refractivity contribution in [2.45, 2.75) is 26.9 Å². The number of aryl methyl sites for hydroxylation is 2. The van der Waals surface area contributed by atoms with Gasteiger partial charge in [-0.1, -0.05) is 29.8 Å². The van der Waals surface area contributed by atoms with Gasteiger partial charge in [0, 0.05) is 29.1 Å². The fourth-order valence-corrected chi connectivity index (χ4v) is 2.84. The smallest absolute Gasteiger partial charge is 0.319 e. The van der Waals surface area contributed by atoms with E-state index >= 15 is 0 Å². The summed E-state index contributed by atoms with van der Waals surface area (Å²) >= 11 is 5.93. The monoisotopic (exact) mass is 367 g/mol. The quantitative estimate of drug-likeness (QED) is 0.645. The molecule has 5 heteroatoms. The van der Waals surface area contributed by atoms with Crippen molar-refractivity contribution >= 4 is 23.3 Å². The van der Waals surface area contributed by atoms with E-state index in [9.17, 15) is 4.79 Å². The maximum Gasteiger partial charge on any atom is 0.319 e. The van der Waals surface area contributed by atoms with Crippen LogP contribution in [0.4, 0.5) is 10.5 Å². The van der Waals surface area contributed by atoms with Gasteiger partial charge in [-0.15, -0.1) is 0 Å². The molecule has 2 amide bonds. The molecule has 3 rings (SSSR count). The van der Waals surface area contributed by atoms with Gasteiger partial charge < -0.3 is 15.2 Å². The van der Waals surface area contributed by atoms with Crippen LogP contribution in [0.2, 0.25) is 5.02 Å². The summed E-state index contributed by atoms with van der Waals surface area (Å²) < 4.78 is 2.11. The van der Waals surface area contributed by atoms with Crippen LogP contribution in [0, 0.1) is 13.8 Å². The maximum atomic E-state index is 12.2. The van der Waals surface area contributed by atoms with Gasteiger partial charge in [-0.2, -0.15) is 0 Å². The number of urea groups is 1. The minimum Gasteiger partial charge on any atom is -0.345 e. The van der Waals surface area contributed by atoms with Crippen LogP contribution in [0.15, 0.2) is 60.8 Å². The van der Waals surface area contributed by atoms with Crippen LogP contribution in [0.5, 0.6) is 0 Å². The Balaban J connectivity index is 1.58. The van der Waals surface area contributed by atoms with Crippen LogP contribution < -0.4 is 10.6 Å². The van der Waals surface area contributed by atoms with Gasteiger partial charge in [-0.05, 0) is 66.9 Å². The lowest BCUT2D eigenvalue weighted by Gasteiger charge is -2.12. The van der Waals surface area contributed by atoms with E-state index in [0.29, 0.717) is 6.54 Å². The van der Waals surface area contributed by atoms with Crippen LogP contribution in [0.1, 0.15) is 22.4 Å². The summed E-state index contributed by atoms with van der Waals surface area (Å²) in [4.78, 5) is 12.2. The molecule has 134 valence electrons. The van der Waals surface area contributed by atoms with Crippen molar-refractivity contribution in [1.29, 1.82) is 0 Å². The molecule has 26 heavy (non-hydrogen) atoms. The number of carbonyl (C=O) groups is 1. The number of amides is 2. The molecule has 0 aliphatic rings. The van der Waals surface area contributed by atoms with Gasteiger partial charge >= 0.3 is 6.03 Å². The van der Waals surface area contributed by atoms with Crippen LogP contribution in [0.3, 0.4) is 0 Å². The maximum absolute atomic E-state index is 12.2. The number of hydrogen-bond acceptors (Lipinski definition) is 1. The topological polar surface area (TPSA) is 46.1 Å². The Labute approximate surface area is 158 Å². The van der Waals surface area contributed by atoms with Gasteiger partial charge in [-0.25, -0.2) is 4.79 Å². The Kier molecular flexibility index (Phi) is 5.64. The number of hydrogen-bond donors (Lipinski definition) is 2. The lowest BCUT2D eigenvalue weighted by Crippen LogP contribution is -2.29. The number of carbonyl (C=O) groups excluding carboxylic acids is 1. The Morgan fingerprint density at radius 2 is 1.81 bits per heavy atom. The molecule has 2 N–H and O–H groups in total. The third-order valence-electron chi connectivity index (χ3n) is 4.38. The summed E-state index contributed by atoms with van der Waals surface area (Å²) in [5.41, 5.74) is 5.35. The van der Waals surface area contributed by atoms with E-state index in [-0.39, 0.29) is 6.03 Å². The Morgan fingerprint density at radius 3 is 2.54 bits per heavy atom. The largest absolute Gasteiger partial charge is 0.345 e. The molecular weight excluding hydrogens is 346 g/mol. The van der Waals surface area contributed by atoms with E-state index in [2.05, 4.69) is 15.2 Å². The van der Waals surface area contributed by atoms with Crippen LogP contribution >= 0.6 is 11.6 Å². The van der Waals surface area contributed by atoms with E-state index in [1.54, 1.807) is 0 Å². The number of benzene rings is 2. The van der Waals surface area contributed by atoms with Gasteiger partial charge in [0.05, 0.1) is 6.54 Å². The summed E-state index contributed by atoms with van der Waals surface area (Å²) in [5.74, 6) is 0. The highest BCUT2D eigenvalue weighted by molar-refractivity contribution is 6.30. The molecular formula is C21H22ClN3O. The predicted molar refractivity (Wildman–Crippen MR) is 107 cm³/mol. The molecule has 1 heterocycles. The van der Waals surface area contributed by atoms with Crippen molar-refractivity contribution in [2.24, 2.45) is 0 Å². The van der Waals surface area contributed by atoms with Crippen molar-refractivity contribution in [3.63, 3.8) is 0 Å². The van der Waals surface area contributed by atoms with Crippen molar-refractivity contribution in [3.05, 3.63) is 88.2 Å². The van der Waals surface area contributed by atoms with Crippen LogP contribution in [-0.4, -0.2) is 10.6 Å². The highest BCUT2D eigenvalue weighted by atomic mass is 35.5. The van der Waals surface area contributed by atoms with E-state index in [0.717, 1.165) is 34.1 Å². The number of rotatable bonds is 5. The second kappa shape index (κ2) is 8.11. The highest BCUT2D eigenvalue weighted by Crippen LogP contribution is 2.15. The zero-order chi connectivity index (χ0) is 18.5. The summed E-state index contributed by atoms with van der Waals surface area (Å²) in [6.45, 7) is 5.27.